The summed E-state index contributed by atoms with van der Waals surface area (Å²) in [6.07, 6.45) is 3.67. The van der Waals surface area contributed by atoms with Gasteiger partial charge in [-0.05, 0) is 12.0 Å². The molecule has 0 radical (unpaired) electrons. The van der Waals surface area contributed by atoms with Crippen LogP contribution in [0.2, 0.25) is 0 Å². The van der Waals surface area contributed by atoms with Crippen LogP contribution in [0.1, 0.15) is 34.0 Å². The van der Waals surface area contributed by atoms with Crippen molar-refractivity contribution in [2.75, 3.05) is 13.2 Å². The summed E-state index contributed by atoms with van der Waals surface area (Å²) >= 11 is 0. The number of hydrogen-bond donors (Lipinski definition) is 0. The van der Waals surface area contributed by atoms with Crippen molar-refractivity contribution in [3.05, 3.63) is 53.3 Å². The van der Waals surface area contributed by atoms with Gasteiger partial charge in [0.2, 0.25) is 0 Å². The minimum Gasteiger partial charge on any atom is -0.381 e. The third-order valence-corrected chi connectivity index (χ3v) is 3.45. The van der Waals surface area contributed by atoms with Gasteiger partial charge in [0, 0.05) is 18.7 Å². The fourth-order valence-corrected chi connectivity index (χ4v) is 2.46. The smallest absolute Gasteiger partial charge is 0.153 e. The Labute approximate surface area is 112 Å². The van der Waals surface area contributed by atoms with Crippen molar-refractivity contribution < 1.29 is 9.53 Å². The minimum atomic E-state index is 0.261. The van der Waals surface area contributed by atoms with E-state index < -0.39 is 0 Å². The molecule has 0 bridgehead atoms. The van der Waals surface area contributed by atoms with Crippen LogP contribution in [0.5, 0.6) is 0 Å². The van der Waals surface area contributed by atoms with Gasteiger partial charge in [-0.3, -0.25) is 9.48 Å². The van der Waals surface area contributed by atoms with Crippen molar-refractivity contribution in [2.45, 2.75) is 18.9 Å². The lowest BCUT2D eigenvalue weighted by molar-refractivity contribution is 0.112. The second kappa shape index (κ2) is 5.36. The van der Waals surface area contributed by atoms with E-state index in [1.54, 1.807) is 0 Å². The van der Waals surface area contributed by atoms with E-state index in [1.165, 1.54) is 5.56 Å². The van der Waals surface area contributed by atoms with Crippen LogP contribution in [-0.2, 0) is 11.3 Å². The first kappa shape index (κ1) is 12.1. The van der Waals surface area contributed by atoms with Gasteiger partial charge in [0.15, 0.2) is 6.29 Å². The van der Waals surface area contributed by atoms with Crippen LogP contribution in [0.4, 0.5) is 0 Å². The molecule has 1 unspecified atom stereocenters. The lowest BCUT2D eigenvalue weighted by atomic mass is 10.0. The van der Waals surface area contributed by atoms with Crippen LogP contribution >= 0.6 is 0 Å². The molecule has 1 fully saturated rings. The average Bonchev–Trinajstić information content (AvgIpc) is 3.08. The van der Waals surface area contributed by atoms with Gasteiger partial charge in [-0.1, -0.05) is 30.3 Å². The molecule has 0 amide bonds. The van der Waals surface area contributed by atoms with E-state index >= 15 is 0 Å². The SMILES string of the molecule is O=Cc1cn(Cc2ccccc2)nc1C1CCOC1. The molecule has 2 aromatic rings. The third kappa shape index (κ3) is 2.58. The predicted molar refractivity (Wildman–Crippen MR) is 71.3 cm³/mol. The Kier molecular flexibility index (Phi) is 3.42. The van der Waals surface area contributed by atoms with Gasteiger partial charge in [0.1, 0.15) is 0 Å². The number of carbonyl (C=O) groups is 1. The summed E-state index contributed by atoms with van der Waals surface area (Å²) < 4.78 is 7.21. The largest absolute Gasteiger partial charge is 0.381 e. The van der Waals surface area contributed by atoms with Crippen LogP contribution in [0.15, 0.2) is 36.5 Å². The lowest BCUT2D eigenvalue weighted by Gasteiger charge is -2.04. The number of carbonyl (C=O) groups excluding carboxylic acids is 1. The summed E-state index contributed by atoms with van der Waals surface area (Å²) in [6, 6.07) is 10.1. The highest BCUT2D eigenvalue weighted by atomic mass is 16.5. The van der Waals surface area contributed by atoms with Crippen molar-refractivity contribution in [3.63, 3.8) is 0 Å². The standard InChI is InChI=1S/C15H16N2O2/c18-10-14-9-17(8-12-4-2-1-3-5-12)16-15(14)13-6-7-19-11-13/h1-5,9-10,13H,6-8,11H2. The topological polar surface area (TPSA) is 44.1 Å². The summed E-state index contributed by atoms with van der Waals surface area (Å²) in [6.45, 7) is 2.12. The number of benzene rings is 1. The van der Waals surface area contributed by atoms with Gasteiger partial charge in [-0.15, -0.1) is 0 Å². The highest BCUT2D eigenvalue weighted by Gasteiger charge is 2.23. The first-order chi connectivity index (χ1) is 9.36. The van der Waals surface area contributed by atoms with Crippen molar-refractivity contribution in [3.8, 4) is 0 Å². The van der Waals surface area contributed by atoms with Gasteiger partial charge in [0.25, 0.3) is 0 Å². The number of aldehydes is 1. The summed E-state index contributed by atoms with van der Waals surface area (Å²) in [5, 5.41) is 4.56. The van der Waals surface area contributed by atoms with Crippen LogP contribution in [-0.4, -0.2) is 29.3 Å². The Hall–Kier alpha value is -1.94. The minimum absolute atomic E-state index is 0.261. The lowest BCUT2D eigenvalue weighted by Crippen LogP contribution is -2.04. The summed E-state index contributed by atoms with van der Waals surface area (Å²) in [4.78, 5) is 11.2. The summed E-state index contributed by atoms with van der Waals surface area (Å²) in [5.74, 6) is 0.261. The van der Waals surface area contributed by atoms with Crippen molar-refractivity contribution in [2.24, 2.45) is 0 Å². The molecule has 4 nitrogen and oxygen atoms in total. The molecule has 3 rings (SSSR count). The maximum Gasteiger partial charge on any atom is 0.153 e. The number of nitrogens with zero attached hydrogens (tertiary/aromatic N) is 2. The zero-order valence-corrected chi connectivity index (χ0v) is 10.7. The highest BCUT2D eigenvalue weighted by molar-refractivity contribution is 5.76. The molecule has 1 saturated heterocycles. The maximum atomic E-state index is 11.2. The molecule has 1 aliphatic heterocycles. The molecule has 4 heteroatoms. The monoisotopic (exact) mass is 256 g/mol. The molecule has 0 saturated carbocycles. The first-order valence-corrected chi connectivity index (χ1v) is 6.51. The van der Waals surface area contributed by atoms with Crippen molar-refractivity contribution in [1.82, 2.24) is 9.78 Å². The molecule has 0 aliphatic carbocycles. The van der Waals surface area contributed by atoms with E-state index in [9.17, 15) is 4.79 Å². The molecule has 98 valence electrons. The summed E-state index contributed by atoms with van der Waals surface area (Å²) in [5.41, 5.74) is 2.74. The Bertz CT molecular complexity index is 557. The normalized spacial score (nSPS) is 18.6. The molecular weight excluding hydrogens is 240 g/mol. The van der Waals surface area contributed by atoms with Gasteiger partial charge >= 0.3 is 0 Å². The van der Waals surface area contributed by atoms with E-state index in [-0.39, 0.29) is 5.92 Å². The Morgan fingerprint density at radius 1 is 1.37 bits per heavy atom. The molecule has 2 heterocycles. The molecule has 0 spiro atoms. The Balaban J connectivity index is 1.84. The summed E-state index contributed by atoms with van der Waals surface area (Å²) in [7, 11) is 0. The fourth-order valence-electron chi connectivity index (χ4n) is 2.46. The second-order valence-corrected chi connectivity index (χ2v) is 4.83. The van der Waals surface area contributed by atoms with Gasteiger partial charge in [-0.25, -0.2) is 0 Å². The Morgan fingerprint density at radius 2 is 2.21 bits per heavy atom. The van der Waals surface area contributed by atoms with Crippen LogP contribution in [0.25, 0.3) is 0 Å². The maximum absolute atomic E-state index is 11.2. The van der Waals surface area contributed by atoms with Gasteiger partial charge < -0.3 is 4.74 Å². The average molecular weight is 256 g/mol. The van der Waals surface area contributed by atoms with Crippen LogP contribution in [0.3, 0.4) is 0 Å². The highest BCUT2D eigenvalue weighted by Crippen LogP contribution is 2.26. The van der Waals surface area contributed by atoms with Crippen molar-refractivity contribution >= 4 is 6.29 Å². The molecule has 1 aliphatic rings. The second-order valence-electron chi connectivity index (χ2n) is 4.83. The van der Waals surface area contributed by atoms with E-state index in [4.69, 9.17) is 4.74 Å². The van der Waals surface area contributed by atoms with E-state index in [2.05, 4.69) is 17.2 Å². The number of ether oxygens (including phenoxy) is 1. The molecule has 0 N–H and O–H groups in total. The van der Waals surface area contributed by atoms with Crippen LogP contribution < -0.4 is 0 Å². The fraction of sp³-hybridized carbons (Fsp3) is 0.333. The quantitative estimate of drug-likeness (QED) is 0.788. The number of aromatic nitrogens is 2. The van der Waals surface area contributed by atoms with E-state index in [1.807, 2.05) is 29.1 Å². The molecule has 1 atom stereocenters. The van der Waals surface area contributed by atoms with E-state index in [0.29, 0.717) is 18.7 Å². The van der Waals surface area contributed by atoms with Gasteiger partial charge in [0.05, 0.1) is 24.4 Å². The first-order valence-electron chi connectivity index (χ1n) is 6.51. The Morgan fingerprint density at radius 3 is 2.89 bits per heavy atom. The van der Waals surface area contributed by atoms with Crippen LogP contribution in [0, 0.1) is 0 Å². The van der Waals surface area contributed by atoms with Gasteiger partial charge in [-0.2, -0.15) is 5.10 Å². The molecule has 1 aromatic heterocycles. The zero-order chi connectivity index (χ0) is 13.1. The zero-order valence-electron chi connectivity index (χ0n) is 10.7. The molecular formula is C15H16N2O2. The predicted octanol–water partition coefficient (Wildman–Crippen LogP) is 2.25. The number of rotatable bonds is 4. The van der Waals surface area contributed by atoms with Crippen molar-refractivity contribution in [1.29, 1.82) is 0 Å². The molecule has 1 aromatic carbocycles. The third-order valence-electron chi connectivity index (χ3n) is 3.45. The molecule has 19 heavy (non-hydrogen) atoms. The van der Waals surface area contributed by atoms with E-state index in [0.717, 1.165) is 25.0 Å². The number of hydrogen-bond acceptors (Lipinski definition) is 3.